The van der Waals surface area contributed by atoms with Gasteiger partial charge in [0.05, 0.1) is 25.9 Å². The molecular formula is C15H16N4O4. The first kappa shape index (κ1) is 15.2. The van der Waals surface area contributed by atoms with E-state index in [9.17, 15) is 9.59 Å². The van der Waals surface area contributed by atoms with E-state index in [2.05, 4.69) is 10.3 Å². The van der Waals surface area contributed by atoms with Crippen LogP contribution in [0.15, 0.2) is 36.5 Å². The van der Waals surface area contributed by atoms with E-state index in [1.165, 1.54) is 4.90 Å². The summed E-state index contributed by atoms with van der Waals surface area (Å²) in [6.45, 7) is 1.07. The summed E-state index contributed by atoms with van der Waals surface area (Å²) in [7, 11) is 0. The number of aliphatic carboxylic acids is 1. The molecule has 1 aliphatic rings. The van der Waals surface area contributed by atoms with Crippen molar-refractivity contribution in [3.8, 4) is 0 Å². The lowest BCUT2D eigenvalue weighted by atomic mass is 10.2. The van der Waals surface area contributed by atoms with Gasteiger partial charge in [0, 0.05) is 6.54 Å². The van der Waals surface area contributed by atoms with Gasteiger partial charge in [-0.1, -0.05) is 35.5 Å². The molecule has 1 N–H and O–H groups in total. The third kappa shape index (κ3) is 3.54. The standard InChI is InChI=1S/C15H16N4O4/c20-14(18-6-7-23-13(10-18)15(21)22)12-9-19(17-16-12)8-11-4-2-1-3-5-11/h1-5,9,13H,6-8,10H2,(H,21,22). The van der Waals surface area contributed by atoms with E-state index in [1.54, 1.807) is 10.9 Å². The molecule has 1 fully saturated rings. The van der Waals surface area contributed by atoms with Crippen molar-refractivity contribution in [2.24, 2.45) is 0 Å². The Hall–Kier alpha value is -2.74. The highest BCUT2D eigenvalue weighted by atomic mass is 16.5. The quantitative estimate of drug-likeness (QED) is 0.868. The molecule has 23 heavy (non-hydrogen) atoms. The summed E-state index contributed by atoms with van der Waals surface area (Å²) in [5.74, 6) is -1.41. The van der Waals surface area contributed by atoms with Crippen LogP contribution in [-0.4, -0.2) is 62.7 Å². The second-order valence-electron chi connectivity index (χ2n) is 5.24. The van der Waals surface area contributed by atoms with Gasteiger partial charge in [-0.3, -0.25) is 4.79 Å². The van der Waals surface area contributed by atoms with Crippen molar-refractivity contribution < 1.29 is 19.4 Å². The first-order chi connectivity index (χ1) is 11.1. The average Bonchev–Trinajstić information content (AvgIpc) is 3.03. The molecule has 8 heteroatoms. The summed E-state index contributed by atoms with van der Waals surface area (Å²) in [6, 6.07) is 9.71. The predicted octanol–water partition coefficient (Wildman–Crippen LogP) is 0.252. The highest BCUT2D eigenvalue weighted by molar-refractivity contribution is 5.92. The van der Waals surface area contributed by atoms with Crippen LogP contribution < -0.4 is 0 Å². The van der Waals surface area contributed by atoms with Gasteiger partial charge in [-0.2, -0.15) is 0 Å². The zero-order valence-corrected chi connectivity index (χ0v) is 12.3. The van der Waals surface area contributed by atoms with Gasteiger partial charge < -0.3 is 14.7 Å². The molecule has 120 valence electrons. The molecule has 3 rings (SSSR count). The lowest BCUT2D eigenvalue weighted by Gasteiger charge is -2.30. The molecule has 1 aromatic heterocycles. The monoisotopic (exact) mass is 316 g/mol. The smallest absolute Gasteiger partial charge is 0.334 e. The van der Waals surface area contributed by atoms with Gasteiger partial charge >= 0.3 is 5.97 Å². The van der Waals surface area contributed by atoms with Crippen LogP contribution in [-0.2, 0) is 16.1 Å². The Morgan fingerprint density at radius 1 is 1.30 bits per heavy atom. The zero-order valence-electron chi connectivity index (χ0n) is 12.3. The number of carboxylic acid groups (broad SMARTS) is 1. The molecule has 1 amide bonds. The van der Waals surface area contributed by atoms with Crippen LogP contribution in [0.25, 0.3) is 0 Å². The van der Waals surface area contributed by atoms with E-state index in [-0.39, 0.29) is 24.8 Å². The highest BCUT2D eigenvalue weighted by Crippen LogP contribution is 2.10. The molecule has 8 nitrogen and oxygen atoms in total. The number of carbonyl (C=O) groups excluding carboxylic acids is 1. The van der Waals surface area contributed by atoms with E-state index in [0.29, 0.717) is 13.1 Å². The predicted molar refractivity (Wildman–Crippen MR) is 78.8 cm³/mol. The van der Waals surface area contributed by atoms with E-state index in [4.69, 9.17) is 9.84 Å². The first-order valence-corrected chi connectivity index (χ1v) is 7.21. The van der Waals surface area contributed by atoms with Gasteiger partial charge in [0.2, 0.25) is 0 Å². The van der Waals surface area contributed by atoms with Crippen molar-refractivity contribution in [3.05, 3.63) is 47.8 Å². The molecule has 2 heterocycles. The molecule has 1 saturated heterocycles. The van der Waals surface area contributed by atoms with Gasteiger partial charge in [-0.15, -0.1) is 5.10 Å². The number of aromatic nitrogens is 3. The van der Waals surface area contributed by atoms with Crippen molar-refractivity contribution in [1.29, 1.82) is 0 Å². The Kier molecular flexibility index (Phi) is 4.33. The number of carbonyl (C=O) groups is 2. The minimum atomic E-state index is -1.07. The molecule has 0 saturated carbocycles. The topological polar surface area (TPSA) is 97.6 Å². The van der Waals surface area contributed by atoms with Crippen LogP contribution in [0.2, 0.25) is 0 Å². The molecule has 1 unspecified atom stereocenters. The number of carboxylic acids is 1. The molecule has 1 atom stereocenters. The third-order valence-electron chi connectivity index (χ3n) is 3.57. The van der Waals surface area contributed by atoms with Crippen LogP contribution in [0.5, 0.6) is 0 Å². The zero-order chi connectivity index (χ0) is 16.2. The number of amides is 1. The fourth-order valence-electron chi connectivity index (χ4n) is 2.39. The molecule has 1 aromatic carbocycles. The van der Waals surface area contributed by atoms with Crippen LogP contribution >= 0.6 is 0 Å². The second-order valence-corrected chi connectivity index (χ2v) is 5.24. The van der Waals surface area contributed by atoms with Crippen LogP contribution in [0.3, 0.4) is 0 Å². The summed E-state index contributed by atoms with van der Waals surface area (Å²) in [5, 5.41) is 16.8. The van der Waals surface area contributed by atoms with Crippen molar-refractivity contribution >= 4 is 11.9 Å². The molecule has 0 bridgehead atoms. The minimum Gasteiger partial charge on any atom is -0.479 e. The van der Waals surface area contributed by atoms with E-state index < -0.39 is 12.1 Å². The molecular weight excluding hydrogens is 300 g/mol. The van der Waals surface area contributed by atoms with Gasteiger partial charge in [0.15, 0.2) is 11.8 Å². The van der Waals surface area contributed by atoms with E-state index >= 15 is 0 Å². The summed E-state index contributed by atoms with van der Waals surface area (Å²) in [5.41, 5.74) is 1.25. The van der Waals surface area contributed by atoms with Crippen LogP contribution in [0.4, 0.5) is 0 Å². The lowest BCUT2D eigenvalue weighted by molar-refractivity contribution is -0.154. The van der Waals surface area contributed by atoms with Crippen LogP contribution in [0.1, 0.15) is 16.1 Å². The Labute approximate surface area is 132 Å². The fraction of sp³-hybridized carbons (Fsp3) is 0.333. The molecule has 1 aliphatic heterocycles. The van der Waals surface area contributed by atoms with Gasteiger partial charge in [0.1, 0.15) is 0 Å². The lowest BCUT2D eigenvalue weighted by Crippen LogP contribution is -2.48. The number of hydrogen-bond donors (Lipinski definition) is 1. The third-order valence-corrected chi connectivity index (χ3v) is 3.57. The Morgan fingerprint density at radius 2 is 2.09 bits per heavy atom. The molecule has 2 aromatic rings. The largest absolute Gasteiger partial charge is 0.479 e. The number of rotatable bonds is 4. The number of benzene rings is 1. The van der Waals surface area contributed by atoms with Gasteiger partial charge in [-0.05, 0) is 5.56 Å². The second kappa shape index (κ2) is 6.57. The van der Waals surface area contributed by atoms with Gasteiger partial charge in [0.25, 0.3) is 5.91 Å². The van der Waals surface area contributed by atoms with E-state index in [0.717, 1.165) is 5.56 Å². The maximum atomic E-state index is 12.4. The fourth-order valence-corrected chi connectivity index (χ4v) is 2.39. The van der Waals surface area contributed by atoms with Crippen molar-refractivity contribution in [2.45, 2.75) is 12.6 Å². The minimum absolute atomic E-state index is 0.0136. The maximum Gasteiger partial charge on any atom is 0.334 e. The summed E-state index contributed by atoms with van der Waals surface area (Å²) < 4.78 is 6.69. The molecule has 0 aliphatic carbocycles. The van der Waals surface area contributed by atoms with Crippen molar-refractivity contribution in [3.63, 3.8) is 0 Å². The summed E-state index contributed by atoms with van der Waals surface area (Å²) >= 11 is 0. The molecule has 0 spiro atoms. The Bertz CT molecular complexity index is 701. The summed E-state index contributed by atoms with van der Waals surface area (Å²) in [4.78, 5) is 24.8. The first-order valence-electron chi connectivity index (χ1n) is 7.21. The van der Waals surface area contributed by atoms with E-state index in [1.807, 2.05) is 30.3 Å². The molecule has 0 radical (unpaired) electrons. The number of hydrogen-bond acceptors (Lipinski definition) is 5. The maximum absolute atomic E-state index is 12.4. The SMILES string of the molecule is O=C(O)C1CN(C(=O)c2cn(Cc3ccccc3)nn2)CCO1. The number of ether oxygens (including phenoxy) is 1. The normalized spacial score (nSPS) is 17.9. The number of nitrogens with zero attached hydrogens (tertiary/aromatic N) is 4. The van der Waals surface area contributed by atoms with Gasteiger partial charge in [-0.25, -0.2) is 9.48 Å². The average molecular weight is 316 g/mol. The van der Waals surface area contributed by atoms with Crippen molar-refractivity contribution in [2.75, 3.05) is 19.7 Å². The number of morpholine rings is 1. The van der Waals surface area contributed by atoms with Crippen LogP contribution in [0, 0.1) is 0 Å². The summed E-state index contributed by atoms with van der Waals surface area (Å²) in [6.07, 6.45) is 0.577. The van der Waals surface area contributed by atoms with Crippen molar-refractivity contribution in [1.82, 2.24) is 19.9 Å². The Morgan fingerprint density at radius 3 is 2.83 bits per heavy atom. The highest BCUT2D eigenvalue weighted by Gasteiger charge is 2.30. The Balaban J connectivity index is 1.67.